The molecule has 0 unspecified atom stereocenters. The molecule has 0 fully saturated rings. The summed E-state index contributed by atoms with van der Waals surface area (Å²) in [4.78, 5) is 9.94. The normalized spacial score (nSPS) is 12.6. The van der Waals surface area contributed by atoms with E-state index in [0.717, 1.165) is 44.4 Å². The lowest BCUT2D eigenvalue weighted by atomic mass is 9.78. The Bertz CT molecular complexity index is 2410. The van der Waals surface area contributed by atoms with E-state index in [2.05, 4.69) is 142 Å². The van der Waals surface area contributed by atoms with Crippen LogP contribution in [0.1, 0.15) is 84.6 Å². The lowest BCUT2D eigenvalue weighted by molar-refractivity contribution is 0.474. The van der Waals surface area contributed by atoms with Crippen molar-refractivity contribution in [2.75, 3.05) is 0 Å². The zero-order valence-corrected chi connectivity index (χ0v) is 31.6. The number of benzene rings is 5. The highest BCUT2D eigenvalue weighted by molar-refractivity contribution is 6.00. The number of aryl methyl sites for hydroxylation is 1. The molecule has 51 heavy (non-hydrogen) atoms. The number of aromatic nitrogens is 2. The monoisotopic (exact) mass is 672 g/mol. The van der Waals surface area contributed by atoms with Gasteiger partial charge in [0.05, 0.1) is 11.1 Å². The molecule has 0 aliphatic carbocycles. The lowest BCUT2D eigenvalue weighted by Crippen LogP contribution is -2.16. The molecule has 0 bridgehead atoms. The van der Waals surface area contributed by atoms with Crippen molar-refractivity contribution in [2.24, 2.45) is 0 Å². The number of pyridine rings is 1. The molecule has 7 aromatic rings. The summed E-state index contributed by atoms with van der Waals surface area (Å²) in [7, 11) is 0. The van der Waals surface area contributed by atoms with Crippen molar-refractivity contribution in [1.29, 1.82) is 0 Å². The number of phenols is 1. The second-order valence-corrected chi connectivity index (χ2v) is 17.1. The number of fused-ring (bicyclic) bond motifs is 2. The van der Waals surface area contributed by atoms with Crippen LogP contribution < -0.4 is 0 Å². The average molecular weight is 673 g/mol. The molecule has 258 valence electrons. The second kappa shape index (κ2) is 12.2. The van der Waals surface area contributed by atoms with E-state index in [4.69, 9.17) is 14.4 Å². The number of nitrogens with zero attached hydrogens (tertiary/aromatic N) is 2. The average Bonchev–Trinajstić information content (AvgIpc) is 3.50. The molecule has 0 atom stereocenters. The van der Waals surface area contributed by atoms with Gasteiger partial charge in [-0.05, 0) is 116 Å². The van der Waals surface area contributed by atoms with Gasteiger partial charge < -0.3 is 9.52 Å². The molecule has 0 saturated heterocycles. The third-order valence-corrected chi connectivity index (χ3v) is 10.0. The van der Waals surface area contributed by atoms with Crippen molar-refractivity contribution >= 4 is 22.0 Å². The number of hydrogen-bond donors (Lipinski definition) is 1. The van der Waals surface area contributed by atoms with Crippen molar-refractivity contribution in [3.8, 4) is 50.6 Å². The summed E-state index contributed by atoms with van der Waals surface area (Å²) in [6.45, 7) is 22.5. The summed E-state index contributed by atoms with van der Waals surface area (Å²) in [5, 5.41) is 11.9. The molecule has 0 radical (unpaired) electrons. The molecular weight excluding hydrogens is 625 g/mol. The van der Waals surface area contributed by atoms with Crippen LogP contribution in [-0.4, -0.2) is 15.1 Å². The molecule has 0 aliphatic heterocycles. The second-order valence-electron chi connectivity index (χ2n) is 17.1. The Morgan fingerprint density at radius 1 is 0.529 bits per heavy atom. The smallest absolute Gasteiger partial charge is 0.231 e. The van der Waals surface area contributed by atoms with Crippen LogP contribution in [0.25, 0.3) is 66.8 Å². The van der Waals surface area contributed by atoms with Gasteiger partial charge in [0.2, 0.25) is 5.89 Å². The predicted octanol–water partition coefficient (Wildman–Crippen LogP) is 13.0. The molecule has 4 heteroatoms. The highest BCUT2D eigenvalue weighted by atomic mass is 16.3. The SMILES string of the molecule is Cc1ccnc2c(-c3cccc(-c4cc(-c5cc(C(C)(C)C)cc(C(C)(C)C)c5)cc5oc(-c6ccccc6O)nc45)c3)cc(C(C)(C)C)cc12. The molecular formula is C47H48N2O2. The van der Waals surface area contributed by atoms with Gasteiger partial charge in [-0.3, -0.25) is 4.98 Å². The van der Waals surface area contributed by atoms with Crippen LogP contribution in [0.5, 0.6) is 5.75 Å². The molecule has 4 nitrogen and oxygen atoms in total. The van der Waals surface area contributed by atoms with Crippen LogP contribution in [-0.2, 0) is 16.2 Å². The maximum Gasteiger partial charge on any atom is 0.231 e. The Kier molecular flexibility index (Phi) is 8.21. The van der Waals surface area contributed by atoms with Crippen LogP contribution >= 0.6 is 0 Å². The Balaban J connectivity index is 1.50. The summed E-state index contributed by atoms with van der Waals surface area (Å²) in [6, 6.07) is 33.9. The van der Waals surface area contributed by atoms with Gasteiger partial charge in [-0.25, -0.2) is 4.98 Å². The summed E-state index contributed by atoms with van der Waals surface area (Å²) in [5.74, 6) is 0.522. The number of aromatic hydroxyl groups is 1. The van der Waals surface area contributed by atoms with Gasteiger partial charge in [0.15, 0.2) is 5.58 Å². The van der Waals surface area contributed by atoms with E-state index < -0.39 is 0 Å². The van der Waals surface area contributed by atoms with Gasteiger partial charge in [0.1, 0.15) is 11.3 Å². The predicted molar refractivity (Wildman–Crippen MR) is 214 cm³/mol. The highest BCUT2D eigenvalue weighted by Gasteiger charge is 2.24. The minimum Gasteiger partial charge on any atom is -0.507 e. The first-order valence-corrected chi connectivity index (χ1v) is 17.9. The fourth-order valence-electron chi connectivity index (χ4n) is 6.74. The summed E-state index contributed by atoms with van der Waals surface area (Å²) in [6.07, 6.45) is 1.91. The van der Waals surface area contributed by atoms with Crippen molar-refractivity contribution in [3.05, 3.63) is 126 Å². The van der Waals surface area contributed by atoms with E-state index in [1.165, 1.54) is 27.6 Å². The van der Waals surface area contributed by atoms with Crippen LogP contribution in [0.4, 0.5) is 0 Å². The first-order chi connectivity index (χ1) is 24.0. The van der Waals surface area contributed by atoms with Gasteiger partial charge in [-0.1, -0.05) is 111 Å². The van der Waals surface area contributed by atoms with Gasteiger partial charge in [0, 0.05) is 22.7 Å². The molecule has 1 N–H and O–H groups in total. The van der Waals surface area contributed by atoms with Crippen LogP contribution in [0.3, 0.4) is 0 Å². The number of phenolic OH excluding ortho intramolecular Hbond substituents is 1. The summed E-state index contributed by atoms with van der Waals surface area (Å²) >= 11 is 0. The summed E-state index contributed by atoms with van der Waals surface area (Å²) in [5.41, 5.74) is 14.3. The van der Waals surface area contributed by atoms with E-state index in [9.17, 15) is 5.11 Å². The van der Waals surface area contributed by atoms with Gasteiger partial charge in [-0.15, -0.1) is 0 Å². The quantitative estimate of drug-likeness (QED) is 0.202. The maximum absolute atomic E-state index is 10.8. The Morgan fingerprint density at radius 2 is 1.12 bits per heavy atom. The standard InChI is InChI=1S/C47H48N2O2/c1-28-18-19-48-42-37(28)26-35(47(8,9)10)27-39(42)30-15-13-14-29(20-30)38-23-32(31-21-33(45(2,3)4)25-34(22-31)46(5,6)7)24-41-43(38)49-44(51-41)36-16-11-12-17-40(36)50/h11-27,50H,1-10H3. The number of hydrogen-bond acceptors (Lipinski definition) is 4. The van der Waals surface area contributed by atoms with E-state index in [1.807, 2.05) is 18.3 Å². The zero-order chi connectivity index (χ0) is 36.5. The zero-order valence-electron chi connectivity index (χ0n) is 31.6. The van der Waals surface area contributed by atoms with E-state index >= 15 is 0 Å². The number of para-hydroxylation sites is 1. The fraction of sp³-hybridized carbons (Fsp3) is 0.277. The first-order valence-electron chi connectivity index (χ1n) is 17.9. The summed E-state index contributed by atoms with van der Waals surface area (Å²) < 4.78 is 6.51. The van der Waals surface area contributed by atoms with E-state index in [-0.39, 0.29) is 22.0 Å². The molecule has 2 aromatic heterocycles. The minimum atomic E-state index is -0.0308. The van der Waals surface area contributed by atoms with Crippen molar-refractivity contribution in [3.63, 3.8) is 0 Å². The molecule has 0 saturated carbocycles. The molecule has 0 spiro atoms. The van der Waals surface area contributed by atoms with E-state index in [0.29, 0.717) is 17.0 Å². The van der Waals surface area contributed by atoms with Crippen molar-refractivity contribution in [2.45, 2.75) is 85.5 Å². The minimum absolute atomic E-state index is 0.0295. The molecule has 0 aliphatic rings. The highest BCUT2D eigenvalue weighted by Crippen LogP contribution is 2.42. The number of rotatable bonds is 4. The third kappa shape index (κ3) is 6.56. The third-order valence-electron chi connectivity index (χ3n) is 10.0. The van der Waals surface area contributed by atoms with Crippen LogP contribution in [0, 0.1) is 6.92 Å². The van der Waals surface area contributed by atoms with Crippen LogP contribution in [0.15, 0.2) is 108 Å². The van der Waals surface area contributed by atoms with E-state index in [1.54, 1.807) is 12.1 Å². The largest absolute Gasteiger partial charge is 0.507 e. The maximum atomic E-state index is 10.8. The lowest BCUT2D eigenvalue weighted by Gasteiger charge is -2.26. The van der Waals surface area contributed by atoms with Crippen molar-refractivity contribution in [1.82, 2.24) is 9.97 Å². The molecule has 7 rings (SSSR count). The van der Waals surface area contributed by atoms with Gasteiger partial charge in [-0.2, -0.15) is 0 Å². The Hall–Kier alpha value is -5.22. The molecule has 0 amide bonds. The Labute approximate surface area is 302 Å². The van der Waals surface area contributed by atoms with Crippen LogP contribution in [0.2, 0.25) is 0 Å². The fourth-order valence-corrected chi connectivity index (χ4v) is 6.74. The molecule has 5 aromatic carbocycles. The van der Waals surface area contributed by atoms with Crippen molar-refractivity contribution < 1.29 is 9.52 Å². The molecule has 2 heterocycles. The Morgan fingerprint density at radius 3 is 1.75 bits per heavy atom. The van der Waals surface area contributed by atoms with Gasteiger partial charge in [0.25, 0.3) is 0 Å². The first kappa shape index (κ1) is 34.2. The van der Waals surface area contributed by atoms with Gasteiger partial charge >= 0.3 is 0 Å². The topological polar surface area (TPSA) is 59.2 Å². The number of oxazole rings is 1.